The lowest BCUT2D eigenvalue weighted by Gasteiger charge is -2.28. The number of aryl methyl sites for hydroxylation is 1. The van der Waals surface area contributed by atoms with Crippen molar-refractivity contribution in [3.8, 4) is 0 Å². The van der Waals surface area contributed by atoms with Gasteiger partial charge >= 0.3 is 0 Å². The van der Waals surface area contributed by atoms with E-state index in [4.69, 9.17) is 0 Å². The monoisotopic (exact) mass is 359 g/mol. The predicted octanol–water partition coefficient (Wildman–Crippen LogP) is 4.80. The second-order valence-electron chi connectivity index (χ2n) is 7.18. The third-order valence-electron chi connectivity index (χ3n) is 5.17. The second-order valence-corrected chi connectivity index (χ2v) is 7.18. The standard InChI is InChI=1S/C23H25N3O/c27-23(25-20-16-19-6-2-3-7-22(19)24-17-20)13-10-18-8-11-21(12-9-18)26-14-4-1-5-15-26/h2-3,6-9,11-12,16-17H,1,4-5,10,13-15H2,(H,25,27). The number of aromatic nitrogens is 1. The minimum atomic E-state index is 0.0205. The van der Waals surface area contributed by atoms with E-state index in [1.165, 1.54) is 30.5 Å². The highest BCUT2D eigenvalue weighted by Gasteiger charge is 2.11. The van der Waals surface area contributed by atoms with E-state index in [2.05, 4.69) is 39.5 Å². The maximum Gasteiger partial charge on any atom is 0.224 e. The number of piperidine rings is 1. The lowest BCUT2D eigenvalue weighted by atomic mass is 10.1. The van der Waals surface area contributed by atoms with Crippen LogP contribution in [0.5, 0.6) is 0 Å². The van der Waals surface area contributed by atoms with Crippen molar-refractivity contribution in [2.75, 3.05) is 23.3 Å². The van der Waals surface area contributed by atoms with E-state index in [1.54, 1.807) is 6.20 Å². The van der Waals surface area contributed by atoms with Crippen molar-refractivity contribution < 1.29 is 4.79 Å². The highest BCUT2D eigenvalue weighted by molar-refractivity contribution is 5.93. The first-order chi connectivity index (χ1) is 13.3. The van der Waals surface area contributed by atoms with Crippen LogP contribution in [0.4, 0.5) is 11.4 Å². The van der Waals surface area contributed by atoms with Crippen molar-refractivity contribution in [1.29, 1.82) is 0 Å². The van der Waals surface area contributed by atoms with Crippen molar-refractivity contribution in [1.82, 2.24) is 4.98 Å². The Morgan fingerprint density at radius 1 is 1.00 bits per heavy atom. The molecule has 0 aliphatic carbocycles. The molecule has 0 bridgehead atoms. The van der Waals surface area contributed by atoms with Crippen LogP contribution in [0.25, 0.3) is 10.9 Å². The van der Waals surface area contributed by atoms with E-state index in [9.17, 15) is 4.79 Å². The van der Waals surface area contributed by atoms with Crippen molar-refractivity contribution in [3.63, 3.8) is 0 Å². The summed E-state index contributed by atoms with van der Waals surface area (Å²) in [6.07, 6.45) is 6.84. The van der Waals surface area contributed by atoms with Crippen LogP contribution >= 0.6 is 0 Å². The molecule has 4 rings (SSSR count). The molecule has 138 valence electrons. The molecule has 1 aliphatic heterocycles. The summed E-state index contributed by atoms with van der Waals surface area (Å²) in [6.45, 7) is 2.31. The highest BCUT2D eigenvalue weighted by atomic mass is 16.1. The number of pyridine rings is 1. The molecule has 4 nitrogen and oxygen atoms in total. The average Bonchev–Trinajstić information content (AvgIpc) is 2.73. The zero-order valence-corrected chi connectivity index (χ0v) is 15.5. The molecular formula is C23H25N3O. The number of nitrogens with one attached hydrogen (secondary N) is 1. The summed E-state index contributed by atoms with van der Waals surface area (Å²) in [6, 6.07) is 18.5. The maximum absolute atomic E-state index is 12.3. The van der Waals surface area contributed by atoms with Crippen LogP contribution in [0.2, 0.25) is 0 Å². The van der Waals surface area contributed by atoms with Gasteiger partial charge < -0.3 is 10.2 Å². The lowest BCUT2D eigenvalue weighted by molar-refractivity contribution is -0.116. The van der Waals surface area contributed by atoms with Gasteiger partial charge in [0.05, 0.1) is 17.4 Å². The molecule has 1 saturated heterocycles. The Balaban J connectivity index is 1.31. The van der Waals surface area contributed by atoms with Crippen molar-refractivity contribution >= 4 is 28.2 Å². The molecule has 1 fully saturated rings. The van der Waals surface area contributed by atoms with Crippen molar-refractivity contribution in [2.24, 2.45) is 0 Å². The van der Waals surface area contributed by atoms with E-state index < -0.39 is 0 Å². The number of fused-ring (bicyclic) bond motifs is 1. The predicted molar refractivity (Wildman–Crippen MR) is 111 cm³/mol. The fourth-order valence-electron chi connectivity index (χ4n) is 3.65. The van der Waals surface area contributed by atoms with Gasteiger partial charge in [0, 0.05) is 30.6 Å². The van der Waals surface area contributed by atoms with Crippen LogP contribution in [0.3, 0.4) is 0 Å². The molecule has 1 aliphatic rings. The lowest BCUT2D eigenvalue weighted by Crippen LogP contribution is -2.29. The molecule has 1 amide bonds. The topological polar surface area (TPSA) is 45.2 Å². The first-order valence-electron chi connectivity index (χ1n) is 9.76. The summed E-state index contributed by atoms with van der Waals surface area (Å²) in [5.74, 6) is 0.0205. The van der Waals surface area contributed by atoms with E-state index in [1.807, 2.05) is 30.3 Å². The molecule has 0 unspecified atom stereocenters. The van der Waals surface area contributed by atoms with Gasteiger partial charge in [-0.25, -0.2) is 0 Å². The Labute approximate surface area is 160 Å². The second kappa shape index (κ2) is 8.21. The van der Waals surface area contributed by atoms with E-state index in [0.29, 0.717) is 6.42 Å². The molecule has 4 heteroatoms. The first kappa shape index (κ1) is 17.5. The first-order valence-corrected chi connectivity index (χ1v) is 9.76. The third-order valence-corrected chi connectivity index (χ3v) is 5.17. The zero-order chi connectivity index (χ0) is 18.5. The van der Waals surface area contributed by atoms with Crippen LogP contribution in [-0.4, -0.2) is 24.0 Å². The Kier molecular flexibility index (Phi) is 5.33. The number of amides is 1. The number of carbonyl (C=O) groups excluding carboxylic acids is 1. The molecule has 0 saturated carbocycles. The van der Waals surface area contributed by atoms with Gasteiger partial charge in [-0.2, -0.15) is 0 Å². The molecule has 1 N–H and O–H groups in total. The fourth-order valence-corrected chi connectivity index (χ4v) is 3.65. The SMILES string of the molecule is O=C(CCc1ccc(N2CCCCC2)cc1)Nc1cnc2ccccc2c1. The van der Waals surface area contributed by atoms with Gasteiger partial charge in [0.15, 0.2) is 0 Å². The molecule has 0 atom stereocenters. The molecule has 3 aromatic rings. The van der Waals surface area contributed by atoms with Crippen molar-refractivity contribution in [2.45, 2.75) is 32.1 Å². The summed E-state index contributed by atoms with van der Waals surface area (Å²) in [4.78, 5) is 19.1. The maximum atomic E-state index is 12.3. The molecular weight excluding hydrogens is 334 g/mol. The molecule has 2 aromatic carbocycles. The Morgan fingerprint density at radius 2 is 1.78 bits per heavy atom. The summed E-state index contributed by atoms with van der Waals surface area (Å²) in [5, 5.41) is 3.99. The minimum Gasteiger partial charge on any atom is -0.372 e. The van der Waals surface area contributed by atoms with Crippen LogP contribution in [0.1, 0.15) is 31.2 Å². The Morgan fingerprint density at radius 3 is 2.59 bits per heavy atom. The Hall–Kier alpha value is -2.88. The number of carbonyl (C=O) groups is 1. The van der Waals surface area contributed by atoms with Gasteiger partial charge in [0.2, 0.25) is 5.91 Å². The van der Waals surface area contributed by atoms with Crippen LogP contribution < -0.4 is 10.2 Å². The fraction of sp³-hybridized carbons (Fsp3) is 0.304. The number of para-hydroxylation sites is 1. The number of hydrogen-bond acceptors (Lipinski definition) is 3. The third kappa shape index (κ3) is 4.45. The van der Waals surface area contributed by atoms with E-state index >= 15 is 0 Å². The molecule has 27 heavy (non-hydrogen) atoms. The number of anilines is 2. The average molecular weight is 359 g/mol. The van der Waals surface area contributed by atoms with Crippen LogP contribution in [0.15, 0.2) is 60.8 Å². The van der Waals surface area contributed by atoms with Crippen LogP contribution in [-0.2, 0) is 11.2 Å². The zero-order valence-electron chi connectivity index (χ0n) is 15.5. The number of hydrogen-bond donors (Lipinski definition) is 1. The van der Waals surface area contributed by atoms with Gasteiger partial charge in [0.1, 0.15) is 0 Å². The summed E-state index contributed by atoms with van der Waals surface area (Å²) in [5.41, 5.74) is 4.18. The minimum absolute atomic E-state index is 0.0205. The van der Waals surface area contributed by atoms with Gasteiger partial charge in [-0.05, 0) is 55.5 Å². The van der Waals surface area contributed by atoms with Gasteiger partial charge in [-0.15, -0.1) is 0 Å². The highest BCUT2D eigenvalue weighted by Crippen LogP contribution is 2.21. The quantitative estimate of drug-likeness (QED) is 0.712. The van der Waals surface area contributed by atoms with Crippen LogP contribution in [0, 0.1) is 0 Å². The number of benzene rings is 2. The van der Waals surface area contributed by atoms with Gasteiger partial charge in [0.25, 0.3) is 0 Å². The van der Waals surface area contributed by atoms with Gasteiger partial charge in [-0.3, -0.25) is 9.78 Å². The Bertz CT molecular complexity index is 914. The van der Waals surface area contributed by atoms with E-state index in [-0.39, 0.29) is 5.91 Å². The van der Waals surface area contributed by atoms with Gasteiger partial charge in [-0.1, -0.05) is 30.3 Å². The smallest absolute Gasteiger partial charge is 0.224 e. The summed E-state index contributed by atoms with van der Waals surface area (Å²) >= 11 is 0. The molecule has 0 spiro atoms. The molecule has 1 aromatic heterocycles. The number of rotatable bonds is 5. The van der Waals surface area contributed by atoms with Crippen molar-refractivity contribution in [3.05, 3.63) is 66.4 Å². The summed E-state index contributed by atoms with van der Waals surface area (Å²) < 4.78 is 0. The largest absolute Gasteiger partial charge is 0.372 e. The molecule has 0 radical (unpaired) electrons. The van der Waals surface area contributed by atoms with E-state index in [0.717, 1.165) is 36.1 Å². The summed E-state index contributed by atoms with van der Waals surface area (Å²) in [7, 11) is 0. The molecule has 2 heterocycles. The normalized spacial score (nSPS) is 14.3. The number of nitrogens with zero attached hydrogens (tertiary/aromatic N) is 2.